The number of unbranched alkanes of at least 4 members (excludes halogenated alkanes) is 1. The van der Waals surface area contributed by atoms with Crippen molar-refractivity contribution in [2.45, 2.75) is 45.3 Å². The smallest absolute Gasteiger partial charge is 0.167 e. The van der Waals surface area contributed by atoms with Crippen LogP contribution in [-0.2, 0) is 9.47 Å². The normalized spacial score (nSPS) is 12.0. The molecule has 0 heterocycles. The monoisotopic (exact) mass is 160 g/mol. The molecular weight excluding hydrogens is 140 g/mol. The molecule has 0 atom stereocenters. The van der Waals surface area contributed by atoms with Crippen molar-refractivity contribution in [3.8, 4) is 0 Å². The van der Waals surface area contributed by atoms with E-state index in [4.69, 9.17) is 9.47 Å². The highest BCUT2D eigenvalue weighted by molar-refractivity contribution is 4.65. The van der Waals surface area contributed by atoms with Gasteiger partial charge in [0.05, 0.1) is 0 Å². The van der Waals surface area contributed by atoms with Crippen LogP contribution in [0.25, 0.3) is 0 Å². The summed E-state index contributed by atoms with van der Waals surface area (Å²) in [4.78, 5) is 0. The van der Waals surface area contributed by atoms with Crippen LogP contribution in [0.5, 0.6) is 0 Å². The van der Waals surface area contributed by atoms with E-state index < -0.39 is 0 Å². The van der Waals surface area contributed by atoms with E-state index in [1.54, 1.807) is 14.2 Å². The first kappa shape index (κ1) is 10.9. The lowest BCUT2D eigenvalue weighted by Crippen LogP contribution is -2.32. The predicted molar refractivity (Wildman–Crippen MR) is 46.6 cm³/mol. The molecule has 0 aromatic carbocycles. The first-order valence-corrected chi connectivity index (χ1v) is 4.35. The van der Waals surface area contributed by atoms with Gasteiger partial charge in [0.15, 0.2) is 5.79 Å². The Labute approximate surface area is 69.9 Å². The van der Waals surface area contributed by atoms with Crippen molar-refractivity contribution in [2.75, 3.05) is 14.2 Å². The van der Waals surface area contributed by atoms with Gasteiger partial charge in [0, 0.05) is 20.6 Å². The van der Waals surface area contributed by atoms with Gasteiger partial charge in [-0.1, -0.05) is 20.3 Å². The lowest BCUT2D eigenvalue weighted by Gasteiger charge is -2.29. The Hall–Kier alpha value is -0.0800. The van der Waals surface area contributed by atoms with Crippen LogP contribution in [0, 0.1) is 0 Å². The van der Waals surface area contributed by atoms with Crippen LogP contribution in [0.1, 0.15) is 39.5 Å². The summed E-state index contributed by atoms with van der Waals surface area (Å²) >= 11 is 0. The van der Waals surface area contributed by atoms with E-state index in [9.17, 15) is 0 Å². The number of rotatable bonds is 6. The van der Waals surface area contributed by atoms with E-state index in [0.29, 0.717) is 0 Å². The van der Waals surface area contributed by atoms with Gasteiger partial charge in [0.1, 0.15) is 0 Å². The molecule has 0 aliphatic heterocycles. The van der Waals surface area contributed by atoms with E-state index in [0.717, 1.165) is 19.3 Å². The highest BCUT2D eigenvalue weighted by Crippen LogP contribution is 2.22. The molecule has 2 nitrogen and oxygen atoms in total. The van der Waals surface area contributed by atoms with Gasteiger partial charge in [-0.2, -0.15) is 0 Å². The quantitative estimate of drug-likeness (QED) is 0.556. The summed E-state index contributed by atoms with van der Waals surface area (Å²) in [5, 5.41) is 0. The highest BCUT2D eigenvalue weighted by atomic mass is 16.7. The summed E-state index contributed by atoms with van der Waals surface area (Å²) in [5.74, 6) is -0.323. The van der Waals surface area contributed by atoms with Crippen molar-refractivity contribution in [2.24, 2.45) is 0 Å². The van der Waals surface area contributed by atoms with Crippen molar-refractivity contribution in [3.05, 3.63) is 0 Å². The fraction of sp³-hybridized carbons (Fsp3) is 1.00. The third kappa shape index (κ3) is 3.21. The fourth-order valence-electron chi connectivity index (χ4n) is 1.20. The Bertz CT molecular complexity index is 79.3. The van der Waals surface area contributed by atoms with Crippen LogP contribution in [0.2, 0.25) is 0 Å². The maximum atomic E-state index is 5.32. The van der Waals surface area contributed by atoms with Crippen LogP contribution in [0.4, 0.5) is 0 Å². The highest BCUT2D eigenvalue weighted by Gasteiger charge is 2.25. The minimum atomic E-state index is -0.323. The van der Waals surface area contributed by atoms with Crippen molar-refractivity contribution in [1.82, 2.24) is 0 Å². The molecule has 0 unspecified atom stereocenters. The van der Waals surface area contributed by atoms with Gasteiger partial charge >= 0.3 is 0 Å². The van der Waals surface area contributed by atoms with Gasteiger partial charge in [-0.3, -0.25) is 0 Å². The molecule has 0 aliphatic rings. The van der Waals surface area contributed by atoms with Crippen LogP contribution in [-0.4, -0.2) is 20.0 Å². The van der Waals surface area contributed by atoms with Gasteiger partial charge in [-0.05, 0) is 12.8 Å². The van der Waals surface area contributed by atoms with E-state index in [1.807, 2.05) is 0 Å². The molecule has 0 saturated heterocycles. The average molecular weight is 160 g/mol. The van der Waals surface area contributed by atoms with Crippen molar-refractivity contribution < 1.29 is 9.47 Å². The van der Waals surface area contributed by atoms with Crippen molar-refractivity contribution >= 4 is 0 Å². The molecule has 0 amide bonds. The van der Waals surface area contributed by atoms with Crippen molar-refractivity contribution in [3.63, 3.8) is 0 Å². The zero-order chi connectivity index (χ0) is 8.74. The number of hydrogen-bond acceptors (Lipinski definition) is 2. The molecule has 2 heteroatoms. The number of ether oxygens (including phenoxy) is 2. The van der Waals surface area contributed by atoms with Gasteiger partial charge in [-0.25, -0.2) is 0 Å². The third-order valence-electron chi connectivity index (χ3n) is 2.19. The molecule has 68 valence electrons. The van der Waals surface area contributed by atoms with Crippen LogP contribution < -0.4 is 0 Å². The summed E-state index contributed by atoms with van der Waals surface area (Å²) in [6.07, 6.45) is 4.26. The fourth-order valence-corrected chi connectivity index (χ4v) is 1.20. The first-order valence-electron chi connectivity index (χ1n) is 4.35. The topological polar surface area (TPSA) is 18.5 Å². The maximum Gasteiger partial charge on any atom is 0.167 e. The summed E-state index contributed by atoms with van der Waals surface area (Å²) in [5.41, 5.74) is 0. The zero-order valence-electron chi connectivity index (χ0n) is 8.14. The van der Waals surface area contributed by atoms with Gasteiger partial charge in [0.2, 0.25) is 0 Å². The molecular formula is C9H20O2. The average Bonchev–Trinajstić information content (AvgIpc) is 2.08. The van der Waals surface area contributed by atoms with Crippen LogP contribution in [0.3, 0.4) is 0 Å². The molecule has 0 saturated carbocycles. The molecule has 0 spiro atoms. The summed E-state index contributed by atoms with van der Waals surface area (Å²) in [6.45, 7) is 4.26. The molecule has 0 rings (SSSR count). The third-order valence-corrected chi connectivity index (χ3v) is 2.19. The van der Waals surface area contributed by atoms with Gasteiger partial charge < -0.3 is 9.47 Å². The Balaban J connectivity index is 3.84. The second-order valence-electron chi connectivity index (χ2n) is 2.78. The second-order valence-corrected chi connectivity index (χ2v) is 2.78. The Kier molecular flexibility index (Phi) is 5.51. The molecule has 0 aromatic rings. The van der Waals surface area contributed by atoms with Gasteiger partial charge in [0.25, 0.3) is 0 Å². The Morgan fingerprint density at radius 1 is 1.09 bits per heavy atom. The SMILES string of the molecule is CCCCC(CC)(OC)OC. The minimum absolute atomic E-state index is 0.323. The number of hydrogen-bond donors (Lipinski definition) is 0. The van der Waals surface area contributed by atoms with E-state index in [1.165, 1.54) is 6.42 Å². The molecule has 0 radical (unpaired) electrons. The summed E-state index contributed by atoms with van der Waals surface area (Å²) < 4.78 is 10.6. The Morgan fingerprint density at radius 2 is 1.64 bits per heavy atom. The first-order chi connectivity index (χ1) is 5.24. The zero-order valence-corrected chi connectivity index (χ0v) is 8.14. The molecule has 11 heavy (non-hydrogen) atoms. The molecule has 0 aliphatic carbocycles. The van der Waals surface area contributed by atoms with E-state index in [2.05, 4.69) is 13.8 Å². The van der Waals surface area contributed by atoms with E-state index in [-0.39, 0.29) is 5.79 Å². The molecule has 0 bridgehead atoms. The van der Waals surface area contributed by atoms with Gasteiger partial charge in [-0.15, -0.1) is 0 Å². The second kappa shape index (κ2) is 5.56. The van der Waals surface area contributed by atoms with Crippen LogP contribution >= 0.6 is 0 Å². The van der Waals surface area contributed by atoms with Crippen LogP contribution in [0.15, 0.2) is 0 Å². The number of methoxy groups -OCH3 is 2. The lowest BCUT2D eigenvalue weighted by atomic mass is 10.1. The minimum Gasteiger partial charge on any atom is -0.353 e. The molecule has 0 aromatic heterocycles. The van der Waals surface area contributed by atoms with E-state index >= 15 is 0 Å². The largest absolute Gasteiger partial charge is 0.353 e. The van der Waals surface area contributed by atoms with Crippen molar-refractivity contribution in [1.29, 1.82) is 0 Å². The molecule has 0 N–H and O–H groups in total. The predicted octanol–water partition coefficient (Wildman–Crippen LogP) is 2.58. The lowest BCUT2D eigenvalue weighted by molar-refractivity contribution is -0.212. The summed E-state index contributed by atoms with van der Waals surface area (Å²) in [7, 11) is 3.42. The maximum absolute atomic E-state index is 5.32. The Morgan fingerprint density at radius 3 is 1.91 bits per heavy atom. The summed E-state index contributed by atoms with van der Waals surface area (Å²) in [6, 6.07) is 0. The standard InChI is InChI=1S/C9H20O2/c1-5-7-8-9(6-2,10-3)11-4/h5-8H2,1-4H3. The molecule has 0 fully saturated rings.